The molecule has 0 aromatic rings. The van der Waals surface area contributed by atoms with E-state index in [0.29, 0.717) is 98.0 Å². The van der Waals surface area contributed by atoms with Crippen LogP contribution < -0.4 is 0 Å². The third-order valence-electron chi connectivity index (χ3n) is 15.6. The second kappa shape index (κ2) is 50.2. The van der Waals surface area contributed by atoms with E-state index in [9.17, 15) is 43.2 Å². The molecule has 4 rings (SSSR count). The number of esters is 4. The number of likely N-dealkylation sites (tertiary alicyclic amines) is 4. The molecule has 0 aromatic heterocycles. The van der Waals surface area contributed by atoms with Crippen molar-refractivity contribution in [3.05, 3.63) is 0 Å². The number of carboxylic acid groups (broad SMARTS) is 1. The van der Waals surface area contributed by atoms with Crippen molar-refractivity contribution >= 4 is 53.5 Å². The Morgan fingerprint density at radius 2 is 0.624 bits per heavy atom. The largest absolute Gasteiger partial charge is 0.481 e. The molecule has 0 bridgehead atoms. The van der Waals surface area contributed by atoms with Gasteiger partial charge in [0.25, 0.3) is 0 Å². The molecule has 0 spiro atoms. The minimum absolute atomic E-state index is 0.0380. The normalized spacial score (nSPS) is 18.2. The average molecular weight is 1210 g/mol. The maximum atomic E-state index is 12.0. The fourth-order valence-corrected chi connectivity index (χ4v) is 10.3. The minimum Gasteiger partial charge on any atom is -0.481 e. The Morgan fingerprint density at radius 3 is 0.918 bits per heavy atom. The first-order valence-corrected chi connectivity index (χ1v) is 33.6. The van der Waals surface area contributed by atoms with Crippen LogP contribution in [-0.2, 0) is 66.8 Å². The molecule has 4 atom stereocenters. The number of rotatable bonds is 43. The van der Waals surface area contributed by atoms with Gasteiger partial charge in [0.15, 0.2) is 0 Å². The molecule has 4 saturated heterocycles. The number of carbonyl (C=O) groups excluding carboxylic acids is 8. The highest BCUT2D eigenvalue weighted by atomic mass is 16.5. The van der Waals surface area contributed by atoms with Crippen molar-refractivity contribution in [1.82, 2.24) is 19.6 Å². The molecule has 4 aliphatic rings. The van der Waals surface area contributed by atoms with Crippen molar-refractivity contribution in [1.29, 1.82) is 0 Å². The number of nitrogens with zero attached hydrogens (tertiary/aromatic N) is 4. The van der Waals surface area contributed by atoms with Gasteiger partial charge in [0.1, 0.15) is 0 Å². The Hall–Kier alpha value is -4.81. The molecule has 85 heavy (non-hydrogen) atoms. The quantitative estimate of drug-likeness (QED) is 0.0340. The standard InChI is InChI=1S/C19H35NO3.C17H31NO4.C15H25NO5.C15H27NO3/c1-3-5-7-9-10-11-13-20-16-17(15-18(20)21)19(22)23-14-12-8-6-4-2;1-4-5-6-7-10-22-17(20)15-12-16(19)18(13-15)9-8-11-21-14(2)3;1-2-3-4-5-9-21-15(20)12-10-13(17)16(11-12)8-6-7-14(18)19;1-3-5-7-8-10-19-15(18)13-11-14(17)16(12-13)9-6-4-2/h17H,3-16H2,1-2H3;14-15H,4-13H2,1-3H3;12H,2-11H2,1H3,(H,18,19);13H,3-12H2,1-2H3. The number of amides is 4. The van der Waals surface area contributed by atoms with E-state index < -0.39 is 11.9 Å². The highest BCUT2D eigenvalue weighted by Gasteiger charge is 2.38. The van der Waals surface area contributed by atoms with E-state index in [1.165, 1.54) is 70.6 Å². The highest BCUT2D eigenvalue weighted by Crippen LogP contribution is 2.24. The number of hydrogen-bond donors (Lipinski definition) is 1. The third kappa shape index (κ3) is 37.5. The summed E-state index contributed by atoms with van der Waals surface area (Å²) in [6, 6.07) is 0. The number of hydrogen-bond acceptors (Lipinski definition) is 14. The summed E-state index contributed by atoms with van der Waals surface area (Å²) in [4.78, 5) is 112. The zero-order valence-corrected chi connectivity index (χ0v) is 54.5. The molecule has 0 aliphatic carbocycles. The van der Waals surface area contributed by atoms with Crippen molar-refractivity contribution in [3.63, 3.8) is 0 Å². The van der Waals surface area contributed by atoms with Gasteiger partial charge in [-0.1, -0.05) is 157 Å². The van der Waals surface area contributed by atoms with Crippen molar-refractivity contribution in [3.8, 4) is 0 Å². The van der Waals surface area contributed by atoms with Crippen molar-refractivity contribution in [2.45, 2.75) is 261 Å². The summed E-state index contributed by atoms with van der Waals surface area (Å²) in [6.07, 6.45) is 29.3. The van der Waals surface area contributed by atoms with Crippen LogP contribution >= 0.6 is 0 Å². The van der Waals surface area contributed by atoms with E-state index in [2.05, 4.69) is 41.5 Å². The van der Waals surface area contributed by atoms with Crippen molar-refractivity contribution < 1.29 is 71.9 Å². The van der Waals surface area contributed by atoms with E-state index in [1.54, 1.807) is 14.7 Å². The lowest BCUT2D eigenvalue weighted by atomic mass is 10.1. The molecule has 0 radical (unpaired) electrons. The van der Waals surface area contributed by atoms with Crippen LogP contribution in [0.2, 0.25) is 0 Å². The second-order valence-corrected chi connectivity index (χ2v) is 23.8. The lowest BCUT2D eigenvalue weighted by Crippen LogP contribution is -2.28. The van der Waals surface area contributed by atoms with Crippen LogP contribution in [0.5, 0.6) is 0 Å². The molecule has 4 heterocycles. The molecule has 4 amide bonds. The summed E-state index contributed by atoms with van der Waals surface area (Å²) in [5.41, 5.74) is 0. The molecule has 0 aromatic carbocycles. The Bertz CT molecular complexity index is 1870. The smallest absolute Gasteiger partial charge is 0.311 e. The summed E-state index contributed by atoms with van der Waals surface area (Å²) in [5.74, 6) is -2.75. The molecule has 4 fully saturated rings. The van der Waals surface area contributed by atoms with Crippen LogP contribution in [0.25, 0.3) is 0 Å². The Morgan fingerprint density at radius 1 is 0.365 bits per heavy atom. The number of carboxylic acids is 1. The molecule has 19 heteroatoms. The van der Waals surface area contributed by atoms with Crippen LogP contribution in [0.15, 0.2) is 0 Å². The first kappa shape index (κ1) is 78.2. The van der Waals surface area contributed by atoms with Crippen LogP contribution in [0.3, 0.4) is 0 Å². The van der Waals surface area contributed by atoms with E-state index in [1.807, 2.05) is 18.7 Å². The van der Waals surface area contributed by atoms with Crippen LogP contribution in [0, 0.1) is 23.7 Å². The zero-order chi connectivity index (χ0) is 63.0. The van der Waals surface area contributed by atoms with Gasteiger partial charge >= 0.3 is 29.8 Å². The second-order valence-electron chi connectivity index (χ2n) is 23.8. The molecular formula is C66H118N4O15. The van der Waals surface area contributed by atoms with E-state index in [4.69, 9.17) is 28.8 Å². The first-order valence-electron chi connectivity index (χ1n) is 33.6. The Kier molecular flexibility index (Phi) is 46.2. The van der Waals surface area contributed by atoms with Gasteiger partial charge < -0.3 is 48.4 Å². The third-order valence-corrected chi connectivity index (χ3v) is 15.6. The summed E-state index contributed by atoms with van der Waals surface area (Å²) in [6.45, 7) is 24.0. The number of carbonyl (C=O) groups is 9. The van der Waals surface area contributed by atoms with E-state index in [0.717, 1.165) is 103 Å². The summed E-state index contributed by atoms with van der Waals surface area (Å²) in [5, 5.41) is 8.57. The molecule has 19 nitrogen and oxygen atoms in total. The molecule has 4 aliphatic heterocycles. The average Bonchev–Trinajstić information content (AvgIpc) is 4.33. The van der Waals surface area contributed by atoms with Gasteiger partial charge in [-0.25, -0.2) is 0 Å². The summed E-state index contributed by atoms with van der Waals surface area (Å²) < 4.78 is 26.5. The fourth-order valence-electron chi connectivity index (χ4n) is 10.3. The maximum absolute atomic E-state index is 12.0. The molecule has 1 N–H and O–H groups in total. The van der Waals surface area contributed by atoms with Gasteiger partial charge in [-0.15, -0.1) is 0 Å². The molecule has 492 valence electrons. The Balaban J connectivity index is 0.000000568. The monoisotopic (exact) mass is 1210 g/mol. The number of aliphatic carboxylic acids is 1. The topological polar surface area (TPSA) is 233 Å². The predicted molar refractivity (Wildman–Crippen MR) is 330 cm³/mol. The van der Waals surface area contributed by atoms with Crippen molar-refractivity contribution in [2.24, 2.45) is 23.7 Å². The fraction of sp³-hybridized carbons (Fsp3) is 0.864. The zero-order valence-electron chi connectivity index (χ0n) is 54.5. The van der Waals surface area contributed by atoms with E-state index >= 15 is 0 Å². The first-order chi connectivity index (χ1) is 41.0. The maximum Gasteiger partial charge on any atom is 0.311 e. The summed E-state index contributed by atoms with van der Waals surface area (Å²) in [7, 11) is 0. The number of ether oxygens (including phenoxy) is 5. The van der Waals surface area contributed by atoms with Gasteiger partial charge in [0.05, 0.1) is 56.2 Å². The predicted octanol–water partition coefficient (Wildman–Crippen LogP) is 11.7. The summed E-state index contributed by atoms with van der Waals surface area (Å²) >= 11 is 0. The van der Waals surface area contributed by atoms with Crippen LogP contribution in [0.1, 0.15) is 254 Å². The van der Waals surface area contributed by atoms with Crippen LogP contribution in [0.4, 0.5) is 0 Å². The van der Waals surface area contributed by atoms with Gasteiger partial charge in [0, 0.05) is 91.1 Å². The van der Waals surface area contributed by atoms with Gasteiger partial charge in [-0.3, -0.25) is 43.2 Å². The lowest BCUT2D eigenvalue weighted by molar-refractivity contribution is -0.149. The molecular weight excluding hydrogens is 1090 g/mol. The van der Waals surface area contributed by atoms with Gasteiger partial charge in [-0.2, -0.15) is 0 Å². The SMILES string of the molecule is CCCCCCCCN1CC(C(=O)OCCCCCC)CC1=O.CCCCCCOC(=O)C1CC(=O)N(CCCC(=O)O)C1.CCCCCCOC(=O)C1CC(=O)N(CCCC)C1.CCCCCCOC(=O)C1CC(=O)N(CCCOC(C)C)C1. The molecule has 4 unspecified atom stereocenters. The van der Waals surface area contributed by atoms with E-state index in [-0.39, 0.29) is 84.2 Å². The van der Waals surface area contributed by atoms with Crippen LogP contribution in [-0.4, -0.2) is 170 Å². The minimum atomic E-state index is -0.871. The van der Waals surface area contributed by atoms with Gasteiger partial charge in [0.2, 0.25) is 23.6 Å². The Labute approximate surface area is 512 Å². The van der Waals surface area contributed by atoms with Crippen molar-refractivity contribution in [2.75, 3.05) is 85.4 Å². The highest BCUT2D eigenvalue weighted by molar-refractivity contribution is 5.88. The van der Waals surface area contributed by atoms with Gasteiger partial charge in [-0.05, 0) is 65.2 Å². The lowest BCUT2D eigenvalue weighted by Gasteiger charge is -2.17. The number of unbranched alkanes of at least 4 members (excludes halogenated alkanes) is 18. The molecule has 0 saturated carbocycles.